The van der Waals surface area contributed by atoms with Crippen molar-refractivity contribution in [3.05, 3.63) is 12.0 Å². The molecule has 0 bridgehead atoms. The molecule has 118 valence electrons. The van der Waals surface area contributed by atoms with Crippen molar-refractivity contribution in [2.24, 2.45) is 0 Å². The summed E-state index contributed by atoms with van der Waals surface area (Å²) in [6.45, 7) is 4.07. The van der Waals surface area contributed by atoms with Gasteiger partial charge in [-0.05, 0) is 13.3 Å². The molecule has 1 aromatic rings. The standard InChI is InChI=1S/C12H19N3O5S/c1-3-4-14-7-11(13-8(14)2)21(19,20)15-6-9(16)5-10(15)12(17)18/h7,9-10,16H,3-6H2,1-2H3,(H,17,18)/t9-,10-/m1/s1. The van der Waals surface area contributed by atoms with Gasteiger partial charge in [-0.3, -0.25) is 4.79 Å². The molecule has 0 aliphatic carbocycles. The van der Waals surface area contributed by atoms with Crippen LogP contribution in [0.2, 0.25) is 0 Å². The number of aryl methyl sites for hydroxylation is 2. The summed E-state index contributed by atoms with van der Waals surface area (Å²) in [4.78, 5) is 15.2. The maximum absolute atomic E-state index is 12.5. The smallest absolute Gasteiger partial charge is 0.322 e. The number of aliphatic carboxylic acids is 1. The van der Waals surface area contributed by atoms with Crippen LogP contribution < -0.4 is 0 Å². The molecule has 1 aliphatic heterocycles. The van der Waals surface area contributed by atoms with Gasteiger partial charge in [-0.1, -0.05) is 6.92 Å². The van der Waals surface area contributed by atoms with E-state index >= 15 is 0 Å². The van der Waals surface area contributed by atoms with Crippen LogP contribution in [0.25, 0.3) is 0 Å². The zero-order valence-electron chi connectivity index (χ0n) is 11.9. The van der Waals surface area contributed by atoms with Crippen LogP contribution in [0, 0.1) is 6.92 Å². The fourth-order valence-electron chi connectivity index (χ4n) is 2.47. The first-order valence-corrected chi connectivity index (χ1v) is 8.17. The van der Waals surface area contributed by atoms with E-state index in [-0.39, 0.29) is 18.0 Å². The van der Waals surface area contributed by atoms with Gasteiger partial charge in [0.1, 0.15) is 11.9 Å². The molecule has 0 spiro atoms. The molecule has 1 aliphatic rings. The van der Waals surface area contributed by atoms with E-state index in [0.717, 1.165) is 10.7 Å². The van der Waals surface area contributed by atoms with Gasteiger partial charge in [-0.15, -0.1) is 0 Å². The van der Waals surface area contributed by atoms with Crippen molar-refractivity contribution in [3.63, 3.8) is 0 Å². The monoisotopic (exact) mass is 317 g/mol. The lowest BCUT2D eigenvalue weighted by Gasteiger charge is -2.19. The summed E-state index contributed by atoms with van der Waals surface area (Å²) in [5.74, 6) is -0.707. The van der Waals surface area contributed by atoms with E-state index in [4.69, 9.17) is 5.11 Å². The lowest BCUT2D eigenvalue weighted by molar-refractivity contribution is -0.140. The van der Waals surface area contributed by atoms with E-state index in [1.165, 1.54) is 6.20 Å². The number of aliphatic hydroxyl groups is 1. The minimum Gasteiger partial charge on any atom is -0.480 e. The number of nitrogens with zero attached hydrogens (tertiary/aromatic N) is 3. The maximum Gasteiger partial charge on any atom is 0.322 e. The maximum atomic E-state index is 12.5. The predicted octanol–water partition coefficient (Wildman–Crippen LogP) is -0.190. The molecule has 0 unspecified atom stereocenters. The number of hydrogen-bond acceptors (Lipinski definition) is 5. The van der Waals surface area contributed by atoms with E-state index in [9.17, 15) is 18.3 Å². The van der Waals surface area contributed by atoms with Crippen LogP contribution >= 0.6 is 0 Å². The van der Waals surface area contributed by atoms with Gasteiger partial charge >= 0.3 is 5.97 Å². The van der Waals surface area contributed by atoms with E-state index in [2.05, 4.69) is 4.98 Å². The Morgan fingerprint density at radius 1 is 1.52 bits per heavy atom. The van der Waals surface area contributed by atoms with Gasteiger partial charge < -0.3 is 14.8 Å². The number of imidazole rings is 1. The summed E-state index contributed by atoms with van der Waals surface area (Å²) in [5.41, 5.74) is 0. The summed E-state index contributed by atoms with van der Waals surface area (Å²) in [6, 6.07) is -1.25. The first kappa shape index (κ1) is 15.9. The summed E-state index contributed by atoms with van der Waals surface area (Å²) >= 11 is 0. The Labute approximate surface area is 123 Å². The molecule has 21 heavy (non-hydrogen) atoms. The van der Waals surface area contributed by atoms with Crippen LogP contribution in [-0.4, -0.2) is 57.1 Å². The van der Waals surface area contributed by atoms with E-state index in [0.29, 0.717) is 12.4 Å². The number of hydrogen-bond donors (Lipinski definition) is 2. The Balaban J connectivity index is 2.37. The molecule has 0 aromatic carbocycles. The highest BCUT2D eigenvalue weighted by Crippen LogP contribution is 2.26. The lowest BCUT2D eigenvalue weighted by atomic mass is 10.2. The molecule has 0 saturated carbocycles. The number of rotatable bonds is 5. The minimum atomic E-state index is -4.03. The molecule has 0 radical (unpaired) electrons. The average molecular weight is 317 g/mol. The summed E-state index contributed by atoms with van der Waals surface area (Å²) in [5, 5.41) is 18.5. The first-order valence-electron chi connectivity index (χ1n) is 6.73. The van der Waals surface area contributed by atoms with Crippen LogP contribution in [-0.2, 0) is 21.4 Å². The zero-order chi connectivity index (χ0) is 15.8. The van der Waals surface area contributed by atoms with Crippen molar-refractivity contribution in [3.8, 4) is 0 Å². The van der Waals surface area contributed by atoms with Crippen LogP contribution in [0.4, 0.5) is 0 Å². The number of sulfonamides is 1. The summed E-state index contributed by atoms with van der Waals surface area (Å²) in [6.07, 6.45) is 1.16. The molecule has 9 heteroatoms. The highest BCUT2D eigenvalue weighted by molar-refractivity contribution is 7.89. The molecule has 1 saturated heterocycles. The number of aromatic nitrogens is 2. The van der Waals surface area contributed by atoms with Crippen molar-refractivity contribution in [1.82, 2.24) is 13.9 Å². The first-order chi connectivity index (χ1) is 9.77. The topological polar surface area (TPSA) is 113 Å². The highest BCUT2D eigenvalue weighted by Gasteiger charge is 2.44. The van der Waals surface area contributed by atoms with Gasteiger partial charge in [-0.25, -0.2) is 13.4 Å². The molecule has 2 heterocycles. The van der Waals surface area contributed by atoms with Crippen LogP contribution in [0.3, 0.4) is 0 Å². The van der Waals surface area contributed by atoms with Gasteiger partial charge in [0.05, 0.1) is 6.10 Å². The molecular formula is C12H19N3O5S. The Hall–Kier alpha value is -1.45. The van der Waals surface area contributed by atoms with Crippen LogP contribution in [0.1, 0.15) is 25.6 Å². The molecule has 2 atom stereocenters. The van der Waals surface area contributed by atoms with E-state index in [1.54, 1.807) is 11.5 Å². The molecule has 2 rings (SSSR count). The zero-order valence-corrected chi connectivity index (χ0v) is 12.7. The van der Waals surface area contributed by atoms with Gasteiger partial charge in [0.2, 0.25) is 0 Å². The molecule has 0 amide bonds. The molecule has 1 fully saturated rings. The third kappa shape index (κ3) is 2.94. The van der Waals surface area contributed by atoms with Crippen LogP contribution in [0.15, 0.2) is 11.2 Å². The van der Waals surface area contributed by atoms with Crippen LogP contribution in [0.5, 0.6) is 0 Å². The average Bonchev–Trinajstić information content (AvgIpc) is 2.95. The minimum absolute atomic E-state index is 0.108. The van der Waals surface area contributed by atoms with Crippen molar-refractivity contribution in [2.45, 2.75) is 50.4 Å². The van der Waals surface area contributed by atoms with Gasteiger partial charge in [-0.2, -0.15) is 4.31 Å². The number of aliphatic hydroxyl groups excluding tert-OH is 1. The fraction of sp³-hybridized carbons (Fsp3) is 0.667. The quantitative estimate of drug-likeness (QED) is 0.778. The summed E-state index contributed by atoms with van der Waals surface area (Å²) in [7, 11) is -4.03. The Morgan fingerprint density at radius 3 is 2.76 bits per heavy atom. The van der Waals surface area contributed by atoms with Crippen molar-refractivity contribution >= 4 is 16.0 Å². The number of β-amino-alcohol motifs (C(OH)–C–C–N with tert-alkyl or cyclic N) is 1. The third-order valence-electron chi connectivity index (χ3n) is 3.51. The SMILES string of the molecule is CCCn1cc(S(=O)(=O)N2C[C@H](O)C[C@@H]2C(=O)O)nc1C. The van der Waals surface area contributed by atoms with E-state index in [1.807, 2.05) is 6.92 Å². The third-order valence-corrected chi connectivity index (χ3v) is 5.26. The second-order valence-corrected chi connectivity index (χ2v) is 6.98. The van der Waals surface area contributed by atoms with Crippen molar-refractivity contribution < 1.29 is 23.4 Å². The second kappa shape index (κ2) is 5.74. The number of carboxylic acid groups (broad SMARTS) is 1. The van der Waals surface area contributed by atoms with Gasteiger partial charge in [0, 0.05) is 25.7 Å². The summed E-state index contributed by atoms with van der Waals surface area (Å²) < 4.78 is 27.6. The number of carboxylic acids is 1. The highest BCUT2D eigenvalue weighted by atomic mass is 32.2. The van der Waals surface area contributed by atoms with Crippen molar-refractivity contribution in [2.75, 3.05) is 6.54 Å². The van der Waals surface area contributed by atoms with Gasteiger partial charge in [0.15, 0.2) is 5.03 Å². The molecular weight excluding hydrogens is 298 g/mol. The molecule has 1 aromatic heterocycles. The molecule has 8 nitrogen and oxygen atoms in total. The molecule has 2 N–H and O–H groups in total. The largest absolute Gasteiger partial charge is 0.480 e. The fourth-order valence-corrected chi connectivity index (χ4v) is 4.09. The predicted molar refractivity (Wildman–Crippen MR) is 73.2 cm³/mol. The van der Waals surface area contributed by atoms with Crippen molar-refractivity contribution in [1.29, 1.82) is 0 Å². The lowest BCUT2D eigenvalue weighted by Crippen LogP contribution is -2.40. The number of carbonyl (C=O) groups is 1. The second-order valence-electron chi connectivity index (χ2n) is 5.14. The van der Waals surface area contributed by atoms with E-state index < -0.39 is 28.1 Å². The van der Waals surface area contributed by atoms with Gasteiger partial charge in [0.25, 0.3) is 10.0 Å². The normalized spacial score (nSPS) is 23.6. The Bertz CT molecular complexity index is 639. The Kier molecular flexibility index (Phi) is 4.35. The Morgan fingerprint density at radius 2 is 2.19 bits per heavy atom.